The molecule has 1 aromatic rings. The van der Waals surface area contributed by atoms with Gasteiger partial charge in [0.2, 0.25) is 17.7 Å². The fourth-order valence-corrected chi connectivity index (χ4v) is 3.72. The van der Waals surface area contributed by atoms with Crippen molar-refractivity contribution < 1.29 is 14.3 Å². The predicted octanol–water partition coefficient (Wildman–Crippen LogP) is 1.63. The van der Waals surface area contributed by atoms with Gasteiger partial charge in [-0.1, -0.05) is 13.3 Å². The van der Waals surface area contributed by atoms with E-state index in [1.807, 2.05) is 0 Å². The summed E-state index contributed by atoms with van der Waals surface area (Å²) >= 11 is 0. The molecule has 0 saturated carbocycles. The molecule has 2 aliphatic heterocycles. The van der Waals surface area contributed by atoms with Crippen LogP contribution < -0.4 is 15.0 Å². The molecule has 2 fully saturated rings. The molecule has 3 rings (SSSR count). The van der Waals surface area contributed by atoms with Gasteiger partial charge in [-0.15, -0.1) is 0 Å². The fraction of sp³-hybridized carbons (Fsp3) is 0.722. The smallest absolute Gasteiger partial charge is 0.228 e. The number of carbonyl (C=O) groups is 1. The summed E-state index contributed by atoms with van der Waals surface area (Å²) in [4.78, 5) is 23.6. The molecule has 7 nitrogen and oxygen atoms in total. The first kappa shape index (κ1) is 17.9. The standard InChI is InChI=1S/C18H28N4O3/c1-3-4-14-11-22(18-19-8-5-16(21-18)24-2)12-15(14)20-17(23)13-6-9-25-10-7-13/h5,8,13-15H,3-4,6-7,9-12H2,1-2H3,(H,20,23)/t14-,15-/m0/s1. The highest BCUT2D eigenvalue weighted by Crippen LogP contribution is 2.26. The van der Waals surface area contributed by atoms with Crippen LogP contribution >= 0.6 is 0 Å². The van der Waals surface area contributed by atoms with Gasteiger partial charge in [0.25, 0.3) is 0 Å². The summed E-state index contributed by atoms with van der Waals surface area (Å²) in [6.45, 7) is 5.16. The first-order valence-electron chi connectivity index (χ1n) is 9.21. The second kappa shape index (κ2) is 8.47. The molecule has 1 N–H and O–H groups in total. The summed E-state index contributed by atoms with van der Waals surface area (Å²) < 4.78 is 10.6. The van der Waals surface area contributed by atoms with E-state index in [-0.39, 0.29) is 17.9 Å². The monoisotopic (exact) mass is 348 g/mol. The highest BCUT2D eigenvalue weighted by atomic mass is 16.5. The number of methoxy groups -OCH3 is 1. The molecular formula is C18H28N4O3. The lowest BCUT2D eigenvalue weighted by Gasteiger charge is -2.25. The van der Waals surface area contributed by atoms with E-state index in [0.717, 1.165) is 38.8 Å². The van der Waals surface area contributed by atoms with Crippen molar-refractivity contribution in [1.29, 1.82) is 0 Å². The zero-order chi connectivity index (χ0) is 17.6. The Hall–Kier alpha value is -1.89. The van der Waals surface area contributed by atoms with Crippen LogP contribution in [0.2, 0.25) is 0 Å². The van der Waals surface area contributed by atoms with Crippen LogP contribution in [-0.2, 0) is 9.53 Å². The first-order valence-corrected chi connectivity index (χ1v) is 9.21. The predicted molar refractivity (Wildman–Crippen MR) is 94.7 cm³/mol. The van der Waals surface area contributed by atoms with Crippen LogP contribution in [0.25, 0.3) is 0 Å². The molecule has 7 heteroatoms. The fourth-order valence-electron chi connectivity index (χ4n) is 3.72. The first-order chi connectivity index (χ1) is 12.2. The van der Waals surface area contributed by atoms with E-state index in [2.05, 4.69) is 27.1 Å². The molecule has 138 valence electrons. The minimum atomic E-state index is 0.0816. The van der Waals surface area contributed by atoms with Gasteiger partial charge < -0.3 is 19.7 Å². The number of hydrogen-bond donors (Lipinski definition) is 1. The van der Waals surface area contributed by atoms with E-state index in [1.165, 1.54) is 0 Å². The van der Waals surface area contributed by atoms with Crippen molar-refractivity contribution in [3.05, 3.63) is 12.3 Å². The lowest BCUT2D eigenvalue weighted by molar-refractivity contribution is -0.128. The summed E-state index contributed by atoms with van der Waals surface area (Å²) in [5.41, 5.74) is 0. The van der Waals surface area contributed by atoms with E-state index in [9.17, 15) is 4.79 Å². The zero-order valence-electron chi connectivity index (χ0n) is 15.1. The van der Waals surface area contributed by atoms with Gasteiger partial charge >= 0.3 is 0 Å². The lowest BCUT2D eigenvalue weighted by atomic mass is 9.95. The van der Waals surface area contributed by atoms with Gasteiger partial charge in [-0.2, -0.15) is 4.98 Å². The van der Waals surface area contributed by atoms with Gasteiger partial charge in [0.05, 0.1) is 13.2 Å². The number of rotatable bonds is 6. The molecule has 3 heterocycles. The Bertz CT molecular complexity index is 577. The lowest BCUT2D eigenvalue weighted by Crippen LogP contribution is -2.44. The third-order valence-electron chi connectivity index (χ3n) is 5.13. The number of aromatic nitrogens is 2. The number of hydrogen-bond acceptors (Lipinski definition) is 6. The molecule has 0 aliphatic carbocycles. The van der Waals surface area contributed by atoms with Crippen molar-refractivity contribution >= 4 is 11.9 Å². The molecule has 25 heavy (non-hydrogen) atoms. The molecule has 0 unspecified atom stereocenters. The molecule has 2 aliphatic rings. The third-order valence-corrected chi connectivity index (χ3v) is 5.13. The van der Waals surface area contributed by atoms with E-state index in [0.29, 0.717) is 31.0 Å². The second-order valence-electron chi connectivity index (χ2n) is 6.85. The Balaban J connectivity index is 1.66. The summed E-state index contributed by atoms with van der Waals surface area (Å²) in [7, 11) is 1.60. The number of anilines is 1. The van der Waals surface area contributed by atoms with Crippen LogP contribution in [0, 0.1) is 11.8 Å². The number of ether oxygens (including phenoxy) is 2. The topological polar surface area (TPSA) is 76.6 Å². The van der Waals surface area contributed by atoms with Gasteiger partial charge in [-0.3, -0.25) is 4.79 Å². The van der Waals surface area contributed by atoms with Crippen LogP contribution in [0.3, 0.4) is 0 Å². The van der Waals surface area contributed by atoms with Gasteiger partial charge in [-0.25, -0.2) is 4.98 Å². The average molecular weight is 348 g/mol. The number of nitrogens with zero attached hydrogens (tertiary/aromatic N) is 3. The van der Waals surface area contributed by atoms with Crippen LogP contribution in [-0.4, -0.2) is 55.3 Å². The normalized spacial score (nSPS) is 24.3. The van der Waals surface area contributed by atoms with Crippen molar-refractivity contribution in [2.45, 2.75) is 38.6 Å². The maximum atomic E-state index is 12.6. The minimum absolute atomic E-state index is 0.0816. The van der Waals surface area contributed by atoms with Crippen LogP contribution in [0.1, 0.15) is 32.6 Å². The third kappa shape index (κ3) is 4.39. The summed E-state index contributed by atoms with van der Waals surface area (Å²) in [5, 5.41) is 3.29. The van der Waals surface area contributed by atoms with E-state index in [4.69, 9.17) is 9.47 Å². The van der Waals surface area contributed by atoms with Crippen molar-refractivity contribution in [2.24, 2.45) is 11.8 Å². The zero-order valence-corrected chi connectivity index (χ0v) is 15.1. The Morgan fingerprint density at radius 3 is 2.92 bits per heavy atom. The van der Waals surface area contributed by atoms with Crippen LogP contribution in [0.15, 0.2) is 12.3 Å². The number of amides is 1. The molecule has 2 saturated heterocycles. The molecule has 0 spiro atoms. The van der Waals surface area contributed by atoms with Crippen molar-refractivity contribution in [3.63, 3.8) is 0 Å². The molecule has 0 aromatic carbocycles. The number of carbonyl (C=O) groups excluding carboxylic acids is 1. The summed E-state index contributed by atoms with van der Waals surface area (Å²) in [6.07, 6.45) is 5.53. The highest BCUT2D eigenvalue weighted by Gasteiger charge is 2.36. The molecule has 0 radical (unpaired) electrons. The Kier molecular flexibility index (Phi) is 6.07. The minimum Gasteiger partial charge on any atom is -0.481 e. The van der Waals surface area contributed by atoms with Crippen LogP contribution in [0.5, 0.6) is 5.88 Å². The van der Waals surface area contributed by atoms with Gasteiger partial charge in [0, 0.05) is 44.5 Å². The molecule has 1 amide bonds. The van der Waals surface area contributed by atoms with E-state index >= 15 is 0 Å². The van der Waals surface area contributed by atoms with E-state index < -0.39 is 0 Å². The van der Waals surface area contributed by atoms with Crippen LogP contribution in [0.4, 0.5) is 5.95 Å². The summed E-state index contributed by atoms with van der Waals surface area (Å²) in [6, 6.07) is 1.89. The highest BCUT2D eigenvalue weighted by molar-refractivity contribution is 5.79. The second-order valence-corrected chi connectivity index (χ2v) is 6.85. The Morgan fingerprint density at radius 1 is 1.40 bits per heavy atom. The van der Waals surface area contributed by atoms with Gasteiger partial charge in [0.1, 0.15) is 0 Å². The maximum Gasteiger partial charge on any atom is 0.228 e. The van der Waals surface area contributed by atoms with Crippen molar-refractivity contribution in [1.82, 2.24) is 15.3 Å². The molecule has 2 atom stereocenters. The van der Waals surface area contributed by atoms with E-state index in [1.54, 1.807) is 19.4 Å². The van der Waals surface area contributed by atoms with Gasteiger partial charge in [0.15, 0.2) is 0 Å². The molecular weight excluding hydrogens is 320 g/mol. The quantitative estimate of drug-likeness (QED) is 0.842. The van der Waals surface area contributed by atoms with Crippen molar-refractivity contribution in [3.8, 4) is 5.88 Å². The largest absolute Gasteiger partial charge is 0.481 e. The maximum absolute atomic E-state index is 12.6. The number of nitrogens with one attached hydrogen (secondary N) is 1. The Morgan fingerprint density at radius 2 is 2.20 bits per heavy atom. The van der Waals surface area contributed by atoms with Gasteiger partial charge in [-0.05, 0) is 25.2 Å². The molecule has 0 bridgehead atoms. The Labute approximate surface area is 149 Å². The average Bonchev–Trinajstić information content (AvgIpc) is 3.05. The molecule has 1 aromatic heterocycles. The summed E-state index contributed by atoms with van der Waals surface area (Å²) in [5.74, 6) is 1.90. The SMILES string of the molecule is CCC[C@H]1CN(c2nccc(OC)n2)C[C@@H]1NC(=O)C1CCOCC1. The van der Waals surface area contributed by atoms with Crippen molar-refractivity contribution in [2.75, 3.05) is 38.3 Å².